The number of rotatable bonds is 20. The number of aromatic nitrogens is 2. The maximum atomic E-state index is 13.7. The number of aliphatic hydroxyl groups is 3. The molecule has 0 unspecified atom stereocenters. The van der Waals surface area contributed by atoms with Gasteiger partial charge >= 0.3 is 5.97 Å². The maximum absolute atomic E-state index is 13.7. The Bertz CT molecular complexity index is 1470. The molecule has 1 aromatic rings. The van der Waals surface area contributed by atoms with Crippen molar-refractivity contribution in [1.82, 2.24) is 41.5 Å². The molecule has 7 amide bonds. The van der Waals surface area contributed by atoms with E-state index in [1.165, 1.54) is 38.2 Å². The maximum Gasteiger partial charge on any atom is 0.328 e. The second-order valence-electron chi connectivity index (χ2n) is 13.1. The van der Waals surface area contributed by atoms with Crippen LogP contribution in [-0.2, 0) is 44.8 Å². The van der Waals surface area contributed by atoms with Crippen LogP contribution in [0.2, 0.25) is 0 Å². The molecule has 9 atom stereocenters. The molecular formula is C31H50N10O12. The minimum atomic E-state index is -1.78. The summed E-state index contributed by atoms with van der Waals surface area (Å²) in [6, 6.07) is -10.4. The second-order valence-corrected chi connectivity index (χ2v) is 13.1. The summed E-state index contributed by atoms with van der Waals surface area (Å²) in [5.74, 6) is -8.89. The zero-order valence-corrected chi connectivity index (χ0v) is 29.8. The van der Waals surface area contributed by atoms with Crippen LogP contribution in [0.25, 0.3) is 0 Å². The Morgan fingerprint density at radius 1 is 0.868 bits per heavy atom. The quantitative estimate of drug-likeness (QED) is 0.0590. The number of imidazole rings is 1. The van der Waals surface area contributed by atoms with E-state index in [2.05, 4.69) is 36.6 Å². The first-order valence-electron chi connectivity index (χ1n) is 16.8. The lowest BCUT2D eigenvalue weighted by molar-refractivity contribution is -0.143. The first-order chi connectivity index (χ1) is 24.8. The van der Waals surface area contributed by atoms with Gasteiger partial charge in [-0.2, -0.15) is 0 Å². The Morgan fingerprint density at radius 3 is 1.96 bits per heavy atom. The summed E-state index contributed by atoms with van der Waals surface area (Å²) < 4.78 is 0. The smallest absolute Gasteiger partial charge is 0.328 e. The average Bonchev–Trinajstić information content (AvgIpc) is 3.79. The molecule has 0 spiro atoms. The highest BCUT2D eigenvalue weighted by Crippen LogP contribution is 2.19. The summed E-state index contributed by atoms with van der Waals surface area (Å²) in [5.41, 5.74) is 11.5. The molecule has 0 radical (unpaired) electrons. The third-order valence-corrected chi connectivity index (χ3v) is 8.40. The molecule has 1 fully saturated rings. The van der Waals surface area contributed by atoms with E-state index in [0.29, 0.717) is 12.1 Å². The number of H-pyrrole nitrogens is 1. The number of carbonyl (C=O) groups is 8. The number of aliphatic hydroxyl groups excluding tert-OH is 3. The monoisotopic (exact) mass is 754 g/mol. The Labute approximate surface area is 304 Å². The highest BCUT2D eigenvalue weighted by molar-refractivity contribution is 5.98. The predicted molar refractivity (Wildman–Crippen MR) is 181 cm³/mol. The van der Waals surface area contributed by atoms with Crippen molar-refractivity contribution in [3.63, 3.8) is 0 Å². The van der Waals surface area contributed by atoms with E-state index in [9.17, 15) is 53.7 Å². The molecule has 296 valence electrons. The number of aliphatic carboxylic acids is 1. The van der Waals surface area contributed by atoms with Crippen LogP contribution in [0.3, 0.4) is 0 Å². The molecule has 2 rings (SSSR count). The summed E-state index contributed by atoms with van der Waals surface area (Å²) in [5, 5.41) is 50.1. The van der Waals surface area contributed by atoms with Gasteiger partial charge in [-0.05, 0) is 32.6 Å². The van der Waals surface area contributed by atoms with Crippen LogP contribution < -0.4 is 38.1 Å². The third-order valence-electron chi connectivity index (χ3n) is 8.40. The van der Waals surface area contributed by atoms with E-state index in [-0.39, 0.29) is 19.4 Å². The van der Waals surface area contributed by atoms with Gasteiger partial charge in [0, 0.05) is 24.9 Å². The summed E-state index contributed by atoms with van der Waals surface area (Å²) in [6.07, 6.45) is -0.473. The van der Waals surface area contributed by atoms with Crippen LogP contribution in [0, 0.1) is 5.92 Å². The van der Waals surface area contributed by atoms with Crippen molar-refractivity contribution in [2.75, 3.05) is 13.2 Å². The van der Waals surface area contributed by atoms with Gasteiger partial charge in [0.05, 0.1) is 31.6 Å². The minimum absolute atomic E-state index is 0.168. The standard InChI is InChI=1S/C31H50N10O12/c1-13(2)23(28(49)38-19(11-42)31(52)53)39-29(50)24(15(4)44)40-26(47)18(9-21(32)45)36-25(46)17(8-16-10-34-12-35-16)37-27(48)20-6-5-7-41(20)30(51)22(33)14(3)43/h10,12-15,17-20,22-24,42-44H,5-9,11,33H2,1-4H3,(H2,32,45)(H,34,35)(H,36,46)(H,37,48)(H,38,49)(H,39,50)(H,40,47)(H,52,53)/t14-,15-,17+,18+,19+,20+,22+,23+,24+/m1/s1. The van der Waals surface area contributed by atoms with Gasteiger partial charge in [0.15, 0.2) is 0 Å². The van der Waals surface area contributed by atoms with Crippen molar-refractivity contribution in [3.05, 3.63) is 18.2 Å². The van der Waals surface area contributed by atoms with E-state index >= 15 is 0 Å². The first kappa shape index (κ1) is 44.0. The lowest BCUT2D eigenvalue weighted by Gasteiger charge is -2.30. The van der Waals surface area contributed by atoms with E-state index < -0.39 is 121 Å². The number of carboxylic acids is 1. The molecule has 0 aliphatic carbocycles. The van der Waals surface area contributed by atoms with Crippen molar-refractivity contribution >= 4 is 47.3 Å². The Hall–Kier alpha value is -5.19. The molecule has 2 heterocycles. The summed E-state index contributed by atoms with van der Waals surface area (Å²) in [6.45, 7) is 4.71. The van der Waals surface area contributed by atoms with Crippen LogP contribution in [-0.4, -0.2) is 150 Å². The summed E-state index contributed by atoms with van der Waals surface area (Å²) in [4.78, 5) is 111. The molecule has 53 heavy (non-hydrogen) atoms. The van der Waals surface area contributed by atoms with Crippen LogP contribution >= 0.6 is 0 Å². The van der Waals surface area contributed by atoms with Crippen molar-refractivity contribution in [3.8, 4) is 0 Å². The largest absolute Gasteiger partial charge is 0.480 e. The topological polar surface area (TPSA) is 362 Å². The zero-order valence-electron chi connectivity index (χ0n) is 29.8. The van der Waals surface area contributed by atoms with E-state index in [0.717, 1.165) is 6.92 Å². The Balaban J connectivity index is 2.29. The predicted octanol–water partition coefficient (Wildman–Crippen LogP) is -5.94. The summed E-state index contributed by atoms with van der Waals surface area (Å²) in [7, 11) is 0. The number of hydrogen-bond acceptors (Lipinski definition) is 13. The number of likely N-dealkylation sites (tertiary alicyclic amines) is 1. The molecule has 1 aliphatic rings. The number of nitrogens with one attached hydrogen (secondary N) is 6. The molecule has 22 nitrogen and oxygen atoms in total. The fourth-order valence-corrected chi connectivity index (χ4v) is 5.36. The highest BCUT2D eigenvalue weighted by Gasteiger charge is 2.40. The lowest BCUT2D eigenvalue weighted by atomic mass is 10.0. The molecule has 22 heteroatoms. The highest BCUT2D eigenvalue weighted by atomic mass is 16.4. The van der Waals surface area contributed by atoms with Gasteiger partial charge in [0.2, 0.25) is 41.4 Å². The fourth-order valence-electron chi connectivity index (χ4n) is 5.36. The average molecular weight is 755 g/mol. The van der Waals surface area contributed by atoms with Gasteiger partial charge in [0.25, 0.3) is 0 Å². The molecule has 14 N–H and O–H groups in total. The number of amides is 7. The van der Waals surface area contributed by atoms with Gasteiger partial charge in [-0.1, -0.05) is 13.8 Å². The van der Waals surface area contributed by atoms with Gasteiger partial charge < -0.3 is 68.4 Å². The molecular weight excluding hydrogens is 704 g/mol. The Kier molecular flexibility index (Phi) is 16.7. The van der Waals surface area contributed by atoms with Crippen LogP contribution in [0.4, 0.5) is 0 Å². The molecule has 1 saturated heterocycles. The van der Waals surface area contributed by atoms with Crippen molar-refractivity contribution < 1.29 is 58.8 Å². The van der Waals surface area contributed by atoms with Gasteiger partial charge in [-0.3, -0.25) is 33.6 Å². The van der Waals surface area contributed by atoms with Crippen LogP contribution in [0.5, 0.6) is 0 Å². The number of nitrogens with zero attached hydrogens (tertiary/aromatic N) is 2. The van der Waals surface area contributed by atoms with Crippen molar-refractivity contribution in [2.45, 2.75) is 108 Å². The van der Waals surface area contributed by atoms with E-state index in [4.69, 9.17) is 16.6 Å². The van der Waals surface area contributed by atoms with Crippen molar-refractivity contribution in [1.29, 1.82) is 0 Å². The van der Waals surface area contributed by atoms with Gasteiger partial charge in [-0.15, -0.1) is 0 Å². The second kappa shape index (κ2) is 20.2. The number of nitrogens with two attached hydrogens (primary N) is 2. The van der Waals surface area contributed by atoms with Crippen LogP contribution in [0.15, 0.2) is 12.5 Å². The summed E-state index contributed by atoms with van der Waals surface area (Å²) >= 11 is 0. The normalized spacial score (nSPS) is 18.7. The van der Waals surface area contributed by atoms with Crippen LogP contribution in [0.1, 0.15) is 52.7 Å². The van der Waals surface area contributed by atoms with E-state index in [1.54, 1.807) is 0 Å². The molecule has 0 bridgehead atoms. The Morgan fingerprint density at radius 2 is 1.45 bits per heavy atom. The number of primary amides is 1. The molecule has 1 aliphatic heterocycles. The minimum Gasteiger partial charge on any atom is -0.480 e. The number of carboxylic acid groups (broad SMARTS) is 1. The van der Waals surface area contributed by atoms with Gasteiger partial charge in [0.1, 0.15) is 42.3 Å². The zero-order chi connectivity index (χ0) is 40.2. The molecule has 0 saturated carbocycles. The molecule has 1 aromatic heterocycles. The van der Waals surface area contributed by atoms with Crippen molar-refractivity contribution in [2.24, 2.45) is 17.4 Å². The van der Waals surface area contributed by atoms with Gasteiger partial charge in [-0.25, -0.2) is 9.78 Å². The number of aromatic amines is 1. The third kappa shape index (κ3) is 12.8. The number of carbonyl (C=O) groups excluding carboxylic acids is 7. The molecule has 0 aromatic carbocycles. The SMILES string of the molecule is CC(C)[C@H](NC(=O)[C@@H](NC(=O)[C@H](CC(N)=O)NC(=O)[C@H](Cc1cnc[nH]1)NC(=O)[C@@H]1CCCN1C(=O)[C@@H](N)[C@@H](C)O)[C@@H](C)O)C(=O)N[C@@H](CO)C(=O)O. The first-order valence-corrected chi connectivity index (χ1v) is 16.8. The lowest BCUT2D eigenvalue weighted by Crippen LogP contribution is -2.62. The fraction of sp³-hybridized carbons (Fsp3) is 0.645. The van der Waals surface area contributed by atoms with E-state index in [1.807, 2.05) is 0 Å². The number of hydrogen-bond donors (Lipinski definition) is 12.